The fraction of sp³-hybridized carbons (Fsp3) is 0.492. The molecule has 0 amide bonds. The van der Waals surface area contributed by atoms with Crippen LogP contribution in [0, 0.1) is 0 Å². The summed E-state index contributed by atoms with van der Waals surface area (Å²) in [5.41, 5.74) is 35.6. The first kappa shape index (κ1) is 91.3. The van der Waals surface area contributed by atoms with E-state index in [9.17, 15) is 43.7 Å². The van der Waals surface area contributed by atoms with Gasteiger partial charge in [0.25, 0.3) is 16.7 Å². The first-order valence-electron chi connectivity index (χ1n) is 39.2. The number of hydrogen-bond donors (Lipinski definition) is 15. The van der Waals surface area contributed by atoms with Gasteiger partial charge in [-0.05, 0) is 101 Å². The summed E-state index contributed by atoms with van der Waals surface area (Å²) in [6.45, 7) is -25.2. The minimum Gasteiger partial charge on any atom is -0.398 e. The van der Waals surface area contributed by atoms with E-state index in [0.717, 1.165) is 10.8 Å². The number of imidazole rings is 1. The minimum atomic E-state index is -4.04. The quantitative estimate of drug-likeness (QED) is 0.100. The van der Waals surface area contributed by atoms with Gasteiger partial charge in [-0.1, -0.05) is 15.6 Å². The highest BCUT2D eigenvalue weighted by Gasteiger charge is 2.66. The molecule has 10 saturated heterocycles. The van der Waals surface area contributed by atoms with Crippen molar-refractivity contribution in [3.8, 4) is 0 Å². The maximum atomic E-state index is 12.3. The highest BCUT2D eigenvalue weighted by Crippen LogP contribution is 2.61. The van der Waals surface area contributed by atoms with Gasteiger partial charge in [0.05, 0.1) is 88.8 Å². The van der Waals surface area contributed by atoms with E-state index in [1.54, 1.807) is 56.7 Å². The summed E-state index contributed by atoms with van der Waals surface area (Å²) >= 11 is 32.1. The number of aromatic amines is 3. The van der Waals surface area contributed by atoms with Crippen LogP contribution in [-0.4, -0.2) is 263 Å². The highest BCUT2D eigenvalue weighted by atomic mass is 32.5. The maximum absolute atomic E-state index is 12.3. The molecule has 6 unspecified atom stereocenters. The maximum Gasteiger partial charge on any atom is 0.325 e. The molecule has 22 heterocycles. The van der Waals surface area contributed by atoms with Gasteiger partial charge in [-0.3, -0.25) is 38.4 Å². The third kappa shape index (κ3) is 18.2. The molecular weight excluding hydrogens is 1980 g/mol. The van der Waals surface area contributed by atoms with Crippen molar-refractivity contribution in [2.45, 2.75) is 148 Å². The topological polar surface area (TPSA) is 749 Å². The normalized spacial score (nSPS) is 36.5. The number of nitrogen functional groups attached to an aromatic ring is 6. The average molecular weight is 2050 g/mol. The number of H-pyrrole nitrogens is 3. The van der Waals surface area contributed by atoms with Crippen LogP contribution >= 0.6 is 40.3 Å². The smallest absolute Gasteiger partial charge is 0.325 e. The summed E-state index contributed by atoms with van der Waals surface area (Å²) in [6, 6.07) is 8.64. The number of rotatable bonds is 6. The molecule has 8 bridgehead atoms. The number of pyridine rings is 3. The van der Waals surface area contributed by atoms with Gasteiger partial charge in [-0.25, -0.2) is 19.9 Å². The number of fused-ring (bicyclic) bond motifs is 14. The molecule has 0 spiro atoms. The van der Waals surface area contributed by atoms with E-state index in [-0.39, 0.29) is 130 Å². The van der Waals surface area contributed by atoms with Crippen molar-refractivity contribution in [1.29, 1.82) is 0 Å². The van der Waals surface area contributed by atoms with Crippen LogP contribution in [0.5, 0.6) is 0 Å². The van der Waals surface area contributed by atoms with Crippen LogP contribution in [0.3, 0.4) is 0 Å². The SMILES string of the molecule is Nc1nc2c(nnn2[C@@H]2O[C@@H]3COP(O)(=S)O[C@H]4C[C@H](n5ccc6c(N)ccnc65)O[C@@H]4COP(O)(=S)O[C@@H]2C3)c(=O)[nH]1.Nc1nc2c(nnn2[C@@H]2O[C@@H]3COP(O)(=S)O[C@H]4C[C@H](n5ccc6c(N)ccnc65)O[C@@H]4COP(O)(=S)O[C@@H]2C3)c(=O)[nH]1.Nc1nc2c(nnn2[C@@H]2O[C@@H]3COP(O)(=S)O[C@H]4[C@H]5OC[C@]4(COP(O)(=S)O[C@@H]2C3)O[C@H]5n2cnc3c(N)ccnc32)c(=O)[nH]1. The Kier molecular flexibility index (Phi) is 24.4. The molecule has 10 fully saturated rings. The molecule has 25 atom stereocenters. The molecule has 21 N–H and O–H groups in total. The van der Waals surface area contributed by atoms with Gasteiger partial charge in [0.15, 0.2) is 64.1 Å². The number of aromatic nitrogens is 22. The minimum absolute atomic E-state index is 0.00449. The van der Waals surface area contributed by atoms with Crippen LogP contribution < -0.4 is 51.1 Å². The summed E-state index contributed by atoms with van der Waals surface area (Å²) in [5.74, 6) is -0.501. The fourth-order valence-corrected chi connectivity index (χ4v) is 25.4. The summed E-state index contributed by atoms with van der Waals surface area (Å²) in [4.78, 5) is 140. The van der Waals surface area contributed by atoms with Crippen molar-refractivity contribution in [3.63, 3.8) is 0 Å². The molecule has 68 heteroatoms. The molecular formula is C63H74N28O28P6S6. The van der Waals surface area contributed by atoms with Gasteiger partial charge in [-0.15, -0.1) is 15.3 Å². The van der Waals surface area contributed by atoms with Gasteiger partial charge in [0.1, 0.15) is 77.6 Å². The summed E-state index contributed by atoms with van der Waals surface area (Å²) in [5, 5.41) is 25.1. The van der Waals surface area contributed by atoms with Crippen molar-refractivity contribution in [3.05, 3.63) is 98.7 Å². The summed E-state index contributed by atoms with van der Waals surface area (Å²) in [6.07, 6.45) is -4.97. The van der Waals surface area contributed by atoms with E-state index in [2.05, 4.69) is 80.8 Å². The first-order valence-corrected chi connectivity index (χ1v) is 54.7. The lowest BCUT2D eigenvalue weighted by molar-refractivity contribution is -0.183. The Morgan fingerprint density at radius 3 is 1.18 bits per heavy atom. The lowest BCUT2D eigenvalue weighted by Gasteiger charge is -2.33. The molecule has 10 aliphatic heterocycles. The van der Waals surface area contributed by atoms with Crippen molar-refractivity contribution in [1.82, 2.24) is 109 Å². The number of hydrogen-bond acceptors (Lipinski definition) is 47. The average Bonchev–Trinajstić information content (AvgIpc) is 1.55. The van der Waals surface area contributed by atoms with Gasteiger partial charge in [0, 0.05) is 85.2 Å². The Labute approximate surface area is 761 Å². The van der Waals surface area contributed by atoms with E-state index in [0.29, 0.717) is 39.5 Å². The Balaban J connectivity index is 0.000000123. The Morgan fingerprint density at radius 1 is 0.389 bits per heavy atom. The molecule has 0 radical (unpaired) electrons. The molecule has 0 aromatic carbocycles. The van der Waals surface area contributed by atoms with Gasteiger partial charge in [-0.2, -0.15) is 29.0 Å². The second kappa shape index (κ2) is 35.0. The summed E-state index contributed by atoms with van der Waals surface area (Å²) < 4.78 is 122. The Bertz CT molecular complexity index is 6760. The standard InChI is InChI=1S/C21H24N10O10P2S2.2C21H25N9O9P2S2/c22-9-1-2-24-15-11(9)25-7-30(15)19-13-14-21(39-19,5-35-13)6-37-43(34,45)40-10-3-8(4-36-42(33,44)41-14)38-18(10)31-16-12(28-29-31)17(32)27-20(23)26-16;2*22-11-1-3-24-17-10(11)2-4-29(17)15-6-12-14(37-15)8-35-41(33,43)39-13-5-9(7-34-40(32,42)38-12)36-20(13)30-18-16(27-28-30)19(31)26-21(23)25-18/h1-2,7-8,10,13-14,18-19H,3-6H2,(H2,22,24)(H,33,44)(H,34,45)(H3,23,26,27,32);2*1-4,9,12-15,20H,5-8H2,(H2,22,24)(H,32,42)(H,33,43)(H3,23,25,26,31)/t8-,10+,13+,14-,18+,19+,21+,42?,43?;2*9-,12-,13+,14+,15+,20+,40?,41?/m000/s1. The van der Waals surface area contributed by atoms with Crippen LogP contribution in [0.15, 0.2) is 82.0 Å². The number of nitrogens with one attached hydrogen (secondary N) is 3. The molecule has 12 aromatic heterocycles. The van der Waals surface area contributed by atoms with Crippen LogP contribution in [0.2, 0.25) is 0 Å². The Morgan fingerprint density at radius 2 is 0.763 bits per heavy atom. The number of nitrogens with two attached hydrogens (primary N) is 6. The molecule has 56 nitrogen and oxygen atoms in total. The molecule has 0 aliphatic carbocycles. The van der Waals surface area contributed by atoms with Crippen molar-refractivity contribution >= 4 is 213 Å². The van der Waals surface area contributed by atoms with Gasteiger partial charge >= 0.3 is 40.3 Å². The second-order valence-electron chi connectivity index (χ2n) is 31.0. The molecule has 12 aromatic rings. The van der Waals surface area contributed by atoms with Crippen molar-refractivity contribution in [2.24, 2.45) is 0 Å². The van der Waals surface area contributed by atoms with Crippen LogP contribution in [0.25, 0.3) is 66.7 Å². The van der Waals surface area contributed by atoms with E-state index in [4.69, 9.17) is 193 Å². The third-order valence-electron chi connectivity index (χ3n) is 22.4. The molecule has 131 heavy (non-hydrogen) atoms. The number of ether oxygens (including phenoxy) is 7. The largest absolute Gasteiger partial charge is 0.398 e. The van der Waals surface area contributed by atoms with E-state index < -0.39 is 173 Å². The highest BCUT2D eigenvalue weighted by molar-refractivity contribution is 8.08. The predicted octanol–water partition coefficient (Wildman–Crippen LogP) is 0.438. The van der Waals surface area contributed by atoms with Crippen molar-refractivity contribution < 1.29 is 117 Å². The zero-order valence-electron chi connectivity index (χ0n) is 66.5. The zero-order valence-corrected chi connectivity index (χ0v) is 76.8. The molecule has 700 valence electrons. The number of anilines is 6. The number of nitrogens with zero attached hydrogens (tertiary/aromatic N) is 19. The predicted molar refractivity (Wildman–Crippen MR) is 471 cm³/mol. The fourth-order valence-electron chi connectivity index (χ4n) is 16.6. The molecule has 0 saturated carbocycles. The van der Waals surface area contributed by atoms with Crippen LogP contribution in [0.1, 0.15) is 69.5 Å². The second-order valence-corrected chi connectivity index (χ2v) is 47.7. The lowest BCUT2D eigenvalue weighted by Crippen LogP contribution is -2.45. The third-order valence-corrected chi connectivity index (χ3v) is 31.8. The molecule has 10 aliphatic rings. The van der Waals surface area contributed by atoms with E-state index >= 15 is 0 Å². The monoisotopic (exact) mass is 2050 g/mol. The summed E-state index contributed by atoms with van der Waals surface area (Å²) in [7, 11) is 0. The van der Waals surface area contributed by atoms with Crippen LogP contribution in [0.4, 0.5) is 34.9 Å². The first-order chi connectivity index (χ1) is 62.3. The van der Waals surface area contributed by atoms with Gasteiger partial charge in [0.2, 0.25) is 17.8 Å². The molecule has 22 rings (SSSR count). The van der Waals surface area contributed by atoms with E-state index in [1.165, 1.54) is 26.6 Å². The van der Waals surface area contributed by atoms with Gasteiger partial charge < -0.3 is 156 Å². The Hall–Kier alpha value is -7.46. The zero-order chi connectivity index (χ0) is 91.5. The van der Waals surface area contributed by atoms with Crippen LogP contribution in [-0.2, 0) is 158 Å². The lowest BCUT2D eigenvalue weighted by atomic mass is 10.0. The van der Waals surface area contributed by atoms with E-state index in [1.807, 2.05) is 12.1 Å². The van der Waals surface area contributed by atoms with Crippen molar-refractivity contribution in [2.75, 3.05) is 80.7 Å².